The van der Waals surface area contributed by atoms with Crippen molar-refractivity contribution in [2.24, 2.45) is 0 Å². The molecule has 0 spiro atoms. The molecule has 1 amide bonds. The Morgan fingerprint density at radius 2 is 2.53 bits per heavy atom. The van der Waals surface area contributed by atoms with Gasteiger partial charge in [0.1, 0.15) is 5.01 Å². The molecule has 1 aromatic rings. The first-order valence-electron chi connectivity index (χ1n) is 6.65. The molecule has 2 N–H and O–H groups in total. The highest BCUT2D eigenvalue weighted by molar-refractivity contribution is 7.11. The molecule has 1 aliphatic rings. The monoisotopic (exact) mass is 283 g/mol. The van der Waals surface area contributed by atoms with Gasteiger partial charge in [0.15, 0.2) is 0 Å². The van der Waals surface area contributed by atoms with Crippen LogP contribution in [-0.2, 0) is 16.0 Å². The second kappa shape index (κ2) is 6.45. The zero-order valence-corrected chi connectivity index (χ0v) is 12.4. The van der Waals surface area contributed by atoms with E-state index in [0.29, 0.717) is 0 Å². The van der Waals surface area contributed by atoms with E-state index < -0.39 is 0 Å². The maximum atomic E-state index is 12.1. The first kappa shape index (κ1) is 14.4. The summed E-state index contributed by atoms with van der Waals surface area (Å²) in [6.07, 6.45) is 3.74. The lowest BCUT2D eigenvalue weighted by Gasteiger charge is -2.15. The molecule has 0 aliphatic carbocycles. The number of thiazole rings is 1. The Hall–Kier alpha value is -0.980. The van der Waals surface area contributed by atoms with Gasteiger partial charge in [-0.3, -0.25) is 4.79 Å². The molecule has 3 unspecified atom stereocenters. The summed E-state index contributed by atoms with van der Waals surface area (Å²) in [5.41, 5.74) is 0. The minimum atomic E-state index is -0.155. The predicted octanol–water partition coefficient (Wildman–Crippen LogP) is 1.26. The molecule has 1 saturated heterocycles. The molecular weight excluding hydrogens is 262 g/mol. The molecule has 3 atom stereocenters. The zero-order chi connectivity index (χ0) is 13.8. The second-order valence-corrected chi connectivity index (χ2v) is 5.95. The number of ether oxygens (including phenoxy) is 1. The summed E-state index contributed by atoms with van der Waals surface area (Å²) in [5, 5.41) is 7.15. The van der Waals surface area contributed by atoms with Crippen LogP contribution in [-0.4, -0.2) is 36.7 Å². The van der Waals surface area contributed by atoms with Gasteiger partial charge in [0.25, 0.3) is 0 Å². The van der Waals surface area contributed by atoms with Crippen LogP contribution in [0.1, 0.15) is 36.2 Å². The maximum Gasteiger partial charge on any atom is 0.237 e. The number of aromatic nitrogens is 1. The molecule has 0 aromatic carbocycles. The third-order valence-electron chi connectivity index (χ3n) is 3.39. The van der Waals surface area contributed by atoms with Crippen molar-refractivity contribution in [1.82, 2.24) is 15.6 Å². The number of nitrogens with one attached hydrogen (secondary N) is 2. The fourth-order valence-corrected chi connectivity index (χ4v) is 3.00. The lowest BCUT2D eigenvalue weighted by Crippen LogP contribution is -2.41. The number of hydrogen-bond donors (Lipinski definition) is 2. The van der Waals surface area contributed by atoms with Crippen molar-refractivity contribution in [3.05, 3.63) is 16.1 Å². The summed E-state index contributed by atoms with van der Waals surface area (Å²) in [5.74, 6) is 0.0281. The van der Waals surface area contributed by atoms with E-state index >= 15 is 0 Å². The Morgan fingerprint density at radius 3 is 3.11 bits per heavy atom. The molecular formula is C13H21N3O2S. The largest absolute Gasteiger partial charge is 0.380 e. The summed E-state index contributed by atoms with van der Waals surface area (Å²) >= 11 is 1.66. The van der Waals surface area contributed by atoms with Gasteiger partial charge in [0.05, 0.1) is 18.2 Å². The third-order valence-corrected chi connectivity index (χ3v) is 4.71. The number of carbonyl (C=O) groups is 1. The Morgan fingerprint density at radius 1 is 1.74 bits per heavy atom. The van der Waals surface area contributed by atoms with Crippen LogP contribution in [0.15, 0.2) is 6.20 Å². The fourth-order valence-electron chi connectivity index (χ4n) is 2.14. The van der Waals surface area contributed by atoms with E-state index in [1.54, 1.807) is 18.4 Å². The van der Waals surface area contributed by atoms with Crippen molar-refractivity contribution in [3.8, 4) is 0 Å². The molecule has 1 aromatic heterocycles. The number of hydrogen-bond acceptors (Lipinski definition) is 5. The first-order chi connectivity index (χ1) is 9.13. The highest BCUT2D eigenvalue weighted by atomic mass is 32.1. The molecule has 106 valence electrons. The lowest BCUT2D eigenvalue weighted by atomic mass is 10.2. The van der Waals surface area contributed by atoms with Gasteiger partial charge in [-0.15, -0.1) is 11.3 Å². The molecule has 0 saturated carbocycles. The van der Waals surface area contributed by atoms with Gasteiger partial charge in [-0.05, 0) is 19.8 Å². The summed E-state index contributed by atoms with van der Waals surface area (Å²) < 4.78 is 5.25. The number of carbonyl (C=O) groups excluding carboxylic acids is 1. The van der Waals surface area contributed by atoms with Gasteiger partial charge in [-0.1, -0.05) is 6.92 Å². The number of amides is 1. The van der Waals surface area contributed by atoms with Crippen LogP contribution in [0, 0.1) is 0 Å². The summed E-state index contributed by atoms with van der Waals surface area (Å²) in [6, 6.07) is -0.195. The molecule has 2 heterocycles. The Bertz CT molecular complexity index is 435. The number of rotatable bonds is 5. The Kier molecular flexibility index (Phi) is 4.90. The van der Waals surface area contributed by atoms with Crippen LogP contribution in [0.4, 0.5) is 0 Å². The van der Waals surface area contributed by atoms with E-state index in [1.165, 1.54) is 4.88 Å². The SMILES string of the molecule is CCc1cnc(C(C)NC(=O)C2CC(OC)CN2)s1. The van der Waals surface area contributed by atoms with E-state index in [1.807, 2.05) is 13.1 Å². The summed E-state index contributed by atoms with van der Waals surface area (Å²) in [4.78, 5) is 17.7. The van der Waals surface area contributed by atoms with Gasteiger partial charge in [-0.2, -0.15) is 0 Å². The van der Waals surface area contributed by atoms with Gasteiger partial charge in [-0.25, -0.2) is 4.98 Å². The minimum Gasteiger partial charge on any atom is -0.380 e. The predicted molar refractivity (Wildman–Crippen MR) is 75.3 cm³/mol. The molecule has 1 fully saturated rings. The number of nitrogens with zero attached hydrogens (tertiary/aromatic N) is 1. The van der Waals surface area contributed by atoms with Crippen molar-refractivity contribution in [3.63, 3.8) is 0 Å². The van der Waals surface area contributed by atoms with Crippen molar-refractivity contribution >= 4 is 17.2 Å². The van der Waals surface area contributed by atoms with E-state index in [0.717, 1.165) is 24.4 Å². The highest BCUT2D eigenvalue weighted by Gasteiger charge is 2.30. The van der Waals surface area contributed by atoms with E-state index in [4.69, 9.17) is 4.74 Å². The van der Waals surface area contributed by atoms with E-state index in [-0.39, 0.29) is 24.1 Å². The smallest absolute Gasteiger partial charge is 0.237 e. The minimum absolute atomic E-state index is 0.0281. The Labute approximate surface area is 117 Å². The normalized spacial score (nSPS) is 24.4. The summed E-state index contributed by atoms with van der Waals surface area (Å²) in [7, 11) is 1.68. The molecule has 5 nitrogen and oxygen atoms in total. The highest BCUT2D eigenvalue weighted by Crippen LogP contribution is 2.20. The summed E-state index contributed by atoms with van der Waals surface area (Å²) in [6.45, 7) is 4.81. The molecule has 0 radical (unpaired) electrons. The van der Waals surface area contributed by atoms with Crippen LogP contribution in [0.3, 0.4) is 0 Å². The number of methoxy groups -OCH3 is 1. The molecule has 6 heteroatoms. The van der Waals surface area contributed by atoms with Gasteiger partial charge in [0, 0.05) is 24.7 Å². The quantitative estimate of drug-likeness (QED) is 0.854. The van der Waals surface area contributed by atoms with Crippen molar-refractivity contribution in [1.29, 1.82) is 0 Å². The molecule has 2 rings (SSSR count). The van der Waals surface area contributed by atoms with Crippen LogP contribution < -0.4 is 10.6 Å². The van der Waals surface area contributed by atoms with Crippen LogP contribution in [0.5, 0.6) is 0 Å². The molecule has 19 heavy (non-hydrogen) atoms. The van der Waals surface area contributed by atoms with E-state index in [9.17, 15) is 4.79 Å². The standard InChI is InChI=1S/C13H21N3O2S/c1-4-10-7-15-13(19-10)8(2)16-12(17)11-5-9(18-3)6-14-11/h7-9,11,14H,4-6H2,1-3H3,(H,16,17). The van der Waals surface area contributed by atoms with Crippen molar-refractivity contribution < 1.29 is 9.53 Å². The van der Waals surface area contributed by atoms with Gasteiger partial charge < -0.3 is 15.4 Å². The second-order valence-electron chi connectivity index (χ2n) is 4.80. The average Bonchev–Trinajstić information content (AvgIpc) is 3.07. The first-order valence-corrected chi connectivity index (χ1v) is 7.46. The lowest BCUT2D eigenvalue weighted by molar-refractivity contribution is -0.123. The van der Waals surface area contributed by atoms with E-state index in [2.05, 4.69) is 22.5 Å². The average molecular weight is 283 g/mol. The zero-order valence-electron chi connectivity index (χ0n) is 11.6. The third kappa shape index (κ3) is 3.52. The topological polar surface area (TPSA) is 63.2 Å². The van der Waals surface area contributed by atoms with Crippen LogP contribution in [0.2, 0.25) is 0 Å². The van der Waals surface area contributed by atoms with Crippen molar-refractivity contribution in [2.45, 2.75) is 44.9 Å². The Balaban J connectivity index is 1.88. The van der Waals surface area contributed by atoms with Gasteiger partial charge in [0.2, 0.25) is 5.91 Å². The fraction of sp³-hybridized carbons (Fsp3) is 0.692. The maximum absolute atomic E-state index is 12.1. The number of aryl methyl sites for hydroxylation is 1. The van der Waals surface area contributed by atoms with Crippen LogP contribution >= 0.6 is 11.3 Å². The van der Waals surface area contributed by atoms with Crippen LogP contribution in [0.25, 0.3) is 0 Å². The van der Waals surface area contributed by atoms with Gasteiger partial charge >= 0.3 is 0 Å². The molecule has 1 aliphatic heterocycles. The van der Waals surface area contributed by atoms with Crippen molar-refractivity contribution in [2.75, 3.05) is 13.7 Å². The molecule has 0 bridgehead atoms.